The molecule has 7 heteroatoms. The van der Waals surface area contributed by atoms with Gasteiger partial charge in [0.25, 0.3) is 0 Å². The van der Waals surface area contributed by atoms with E-state index in [1.807, 2.05) is 19.1 Å². The number of nitrogens with two attached hydrogens (primary N) is 1. The van der Waals surface area contributed by atoms with Crippen molar-refractivity contribution in [2.45, 2.75) is 33.0 Å². The molecule has 6 nitrogen and oxygen atoms in total. The summed E-state index contributed by atoms with van der Waals surface area (Å²) < 4.78 is 4.96. The SMILES string of the molecule is CCOC(=O)C(P)(NC(=N)N)C(=O)c1c(C)cc(C)cc1C. The van der Waals surface area contributed by atoms with Crippen LogP contribution in [0.15, 0.2) is 12.1 Å². The number of carbonyl (C=O) groups is 2. The normalized spacial score (nSPS) is 13.1. The molecule has 120 valence electrons. The number of rotatable bonds is 5. The van der Waals surface area contributed by atoms with Crippen molar-refractivity contribution in [3.63, 3.8) is 0 Å². The van der Waals surface area contributed by atoms with Gasteiger partial charge in [-0.05, 0) is 38.8 Å². The van der Waals surface area contributed by atoms with Crippen molar-refractivity contribution >= 4 is 27.0 Å². The Labute approximate surface area is 132 Å². The molecule has 0 fully saturated rings. The van der Waals surface area contributed by atoms with E-state index in [-0.39, 0.29) is 6.61 Å². The Bertz CT molecular complexity index is 607. The van der Waals surface area contributed by atoms with Crippen molar-refractivity contribution in [1.82, 2.24) is 5.32 Å². The summed E-state index contributed by atoms with van der Waals surface area (Å²) in [5.74, 6) is -1.78. The molecule has 0 aliphatic rings. The molecule has 22 heavy (non-hydrogen) atoms. The van der Waals surface area contributed by atoms with Crippen LogP contribution in [0, 0.1) is 26.2 Å². The highest BCUT2D eigenvalue weighted by atomic mass is 31.0. The van der Waals surface area contributed by atoms with Crippen LogP contribution in [0.5, 0.6) is 0 Å². The lowest BCUT2D eigenvalue weighted by Gasteiger charge is -2.28. The van der Waals surface area contributed by atoms with Gasteiger partial charge in [-0.2, -0.15) is 0 Å². The minimum atomic E-state index is -1.81. The minimum absolute atomic E-state index is 0.119. The molecule has 0 amide bonds. The molecule has 0 aliphatic heterocycles. The Balaban J connectivity index is 3.40. The highest BCUT2D eigenvalue weighted by Crippen LogP contribution is 2.27. The molecular formula is C15H22N3O3P. The molecule has 0 aromatic heterocycles. The van der Waals surface area contributed by atoms with Gasteiger partial charge in [0.15, 0.2) is 5.96 Å². The number of Topliss-reactive ketones (excluding diaryl/α,β-unsaturated/α-hetero) is 1. The van der Waals surface area contributed by atoms with E-state index < -0.39 is 23.0 Å². The first-order valence-corrected chi connectivity index (χ1v) is 7.42. The van der Waals surface area contributed by atoms with Crippen LogP contribution < -0.4 is 11.1 Å². The van der Waals surface area contributed by atoms with Crippen molar-refractivity contribution in [1.29, 1.82) is 5.41 Å². The second-order valence-corrected chi connectivity index (χ2v) is 6.04. The highest BCUT2D eigenvalue weighted by molar-refractivity contribution is 7.23. The lowest BCUT2D eigenvalue weighted by Crippen LogP contribution is -2.58. The summed E-state index contributed by atoms with van der Waals surface area (Å²) >= 11 is 0. The zero-order chi connectivity index (χ0) is 17.1. The number of nitrogens with one attached hydrogen (secondary N) is 2. The fourth-order valence-corrected chi connectivity index (χ4v) is 2.78. The van der Waals surface area contributed by atoms with Gasteiger partial charge in [0.1, 0.15) is 0 Å². The van der Waals surface area contributed by atoms with Gasteiger partial charge in [-0.25, -0.2) is 4.79 Å². The zero-order valence-electron chi connectivity index (χ0n) is 13.2. The quantitative estimate of drug-likeness (QED) is 0.190. The molecule has 0 spiro atoms. The van der Waals surface area contributed by atoms with Gasteiger partial charge in [-0.1, -0.05) is 26.9 Å². The molecule has 0 radical (unpaired) electrons. The molecule has 4 N–H and O–H groups in total. The fraction of sp³-hybridized carbons (Fsp3) is 0.400. The molecule has 0 heterocycles. The Morgan fingerprint density at radius 1 is 1.32 bits per heavy atom. The van der Waals surface area contributed by atoms with Crippen molar-refractivity contribution in [3.05, 3.63) is 34.4 Å². The summed E-state index contributed by atoms with van der Waals surface area (Å²) in [6.45, 7) is 7.30. The molecule has 0 bridgehead atoms. The lowest BCUT2D eigenvalue weighted by molar-refractivity contribution is -0.145. The van der Waals surface area contributed by atoms with Gasteiger partial charge in [-0.15, -0.1) is 0 Å². The molecule has 1 aromatic carbocycles. The van der Waals surface area contributed by atoms with Gasteiger partial charge < -0.3 is 15.8 Å². The summed E-state index contributed by atoms with van der Waals surface area (Å²) in [5, 5.41) is 7.96. The first-order chi connectivity index (χ1) is 10.1. The summed E-state index contributed by atoms with van der Waals surface area (Å²) in [4.78, 5) is 25.2. The monoisotopic (exact) mass is 323 g/mol. The third-order valence-corrected chi connectivity index (χ3v) is 3.83. The predicted molar refractivity (Wildman–Crippen MR) is 89.1 cm³/mol. The van der Waals surface area contributed by atoms with Gasteiger partial charge in [0.2, 0.25) is 11.1 Å². The number of hydrogen-bond donors (Lipinski definition) is 3. The van der Waals surface area contributed by atoms with Crippen LogP contribution in [0.4, 0.5) is 0 Å². The molecule has 0 aliphatic carbocycles. The molecule has 1 aromatic rings. The third kappa shape index (κ3) is 3.63. The second kappa shape index (κ2) is 6.88. The van der Waals surface area contributed by atoms with Crippen molar-refractivity contribution in [2.24, 2.45) is 5.73 Å². The topological polar surface area (TPSA) is 105 Å². The van der Waals surface area contributed by atoms with E-state index >= 15 is 0 Å². The van der Waals surface area contributed by atoms with E-state index in [4.69, 9.17) is 15.9 Å². The maximum absolute atomic E-state index is 12.9. The van der Waals surface area contributed by atoms with Gasteiger partial charge in [-0.3, -0.25) is 10.2 Å². The average molecular weight is 323 g/mol. The Hall–Kier alpha value is -1.94. The number of hydrogen-bond acceptors (Lipinski definition) is 4. The van der Waals surface area contributed by atoms with E-state index in [1.165, 1.54) is 0 Å². The summed E-state index contributed by atoms with van der Waals surface area (Å²) in [6, 6.07) is 3.73. The van der Waals surface area contributed by atoms with Crippen LogP contribution in [-0.2, 0) is 9.53 Å². The van der Waals surface area contributed by atoms with Crippen molar-refractivity contribution in [3.8, 4) is 0 Å². The number of carbonyl (C=O) groups excluding carboxylic acids is 2. The van der Waals surface area contributed by atoms with Gasteiger partial charge in [0.05, 0.1) is 6.61 Å². The van der Waals surface area contributed by atoms with Crippen LogP contribution in [0.1, 0.15) is 34.0 Å². The number of esters is 1. The summed E-state index contributed by atoms with van der Waals surface area (Å²) in [7, 11) is 2.14. The van der Waals surface area contributed by atoms with Crippen LogP contribution in [0.2, 0.25) is 0 Å². The minimum Gasteiger partial charge on any atom is -0.464 e. The zero-order valence-corrected chi connectivity index (χ0v) is 14.4. The Morgan fingerprint density at radius 3 is 2.23 bits per heavy atom. The Morgan fingerprint density at radius 2 is 1.82 bits per heavy atom. The number of benzene rings is 1. The largest absolute Gasteiger partial charge is 0.464 e. The van der Waals surface area contributed by atoms with Gasteiger partial charge >= 0.3 is 5.97 Å². The lowest BCUT2D eigenvalue weighted by atomic mass is 9.93. The molecule has 0 saturated heterocycles. The van der Waals surface area contributed by atoms with E-state index in [0.717, 1.165) is 16.7 Å². The summed E-state index contributed by atoms with van der Waals surface area (Å²) in [5.41, 5.74) is 8.28. The molecule has 0 saturated carbocycles. The highest BCUT2D eigenvalue weighted by Gasteiger charge is 2.45. The molecule has 1 rings (SSSR count). The predicted octanol–water partition coefficient (Wildman–Crippen LogP) is 1.41. The van der Waals surface area contributed by atoms with Crippen LogP contribution >= 0.6 is 9.24 Å². The van der Waals surface area contributed by atoms with Gasteiger partial charge in [0, 0.05) is 5.56 Å². The van der Waals surface area contributed by atoms with Crippen molar-refractivity contribution < 1.29 is 14.3 Å². The molecular weight excluding hydrogens is 301 g/mol. The number of guanidine groups is 1. The molecule has 2 atom stereocenters. The molecule has 2 unspecified atom stereocenters. The smallest absolute Gasteiger partial charge is 0.344 e. The van der Waals surface area contributed by atoms with Crippen molar-refractivity contribution in [2.75, 3.05) is 6.61 Å². The van der Waals surface area contributed by atoms with Crippen LogP contribution in [0.25, 0.3) is 0 Å². The van der Waals surface area contributed by atoms with Crippen LogP contribution in [0.3, 0.4) is 0 Å². The van der Waals surface area contributed by atoms with Crippen LogP contribution in [-0.4, -0.2) is 29.6 Å². The van der Waals surface area contributed by atoms with E-state index in [1.54, 1.807) is 20.8 Å². The number of aryl methyl sites for hydroxylation is 3. The third-order valence-electron chi connectivity index (χ3n) is 3.19. The fourth-order valence-electron chi connectivity index (χ4n) is 2.39. The number of ketones is 1. The second-order valence-electron chi connectivity index (χ2n) is 5.17. The van der Waals surface area contributed by atoms with E-state index in [0.29, 0.717) is 5.56 Å². The number of ether oxygens (including phenoxy) is 1. The first-order valence-electron chi connectivity index (χ1n) is 6.84. The average Bonchev–Trinajstić information content (AvgIpc) is 2.36. The standard InChI is InChI=1S/C15H22N3O3P/c1-5-21-13(20)15(22,18-14(16)17)12(19)11-9(3)6-8(2)7-10(11)4/h6-7H,5,22H2,1-4H3,(H4,16,17,18). The maximum Gasteiger partial charge on any atom is 0.344 e. The van der Waals surface area contributed by atoms with E-state index in [2.05, 4.69) is 14.6 Å². The Kier molecular flexibility index (Phi) is 5.66. The first kappa shape index (κ1) is 18.1. The summed E-state index contributed by atoms with van der Waals surface area (Å²) in [6.07, 6.45) is 0. The maximum atomic E-state index is 12.9. The van der Waals surface area contributed by atoms with E-state index in [9.17, 15) is 9.59 Å².